The lowest BCUT2D eigenvalue weighted by Gasteiger charge is -2.24. The predicted molar refractivity (Wildman–Crippen MR) is 78.1 cm³/mol. The van der Waals surface area contributed by atoms with Crippen LogP contribution in [-0.4, -0.2) is 41.4 Å². The maximum Gasteiger partial charge on any atom is 0.322 e. The second kappa shape index (κ2) is 7.05. The molecule has 0 aromatic heterocycles. The van der Waals surface area contributed by atoms with E-state index in [-0.39, 0.29) is 6.04 Å². The monoisotopic (exact) mass is 285 g/mol. The fourth-order valence-electron chi connectivity index (χ4n) is 2.97. The number of hydrogen-bond acceptors (Lipinski definition) is 3. The average Bonchev–Trinajstić information content (AvgIpc) is 2.86. The van der Waals surface area contributed by atoms with Crippen molar-refractivity contribution in [3.63, 3.8) is 0 Å². The van der Waals surface area contributed by atoms with Crippen molar-refractivity contribution < 1.29 is 9.90 Å². The number of aliphatic carboxylic acids is 1. The number of thiocarbonyl (C=S) groups is 1. The van der Waals surface area contributed by atoms with Gasteiger partial charge in [0.25, 0.3) is 0 Å². The van der Waals surface area contributed by atoms with Gasteiger partial charge < -0.3 is 21.1 Å². The normalized spacial score (nSPS) is 28.0. The van der Waals surface area contributed by atoms with Gasteiger partial charge in [-0.05, 0) is 43.9 Å². The van der Waals surface area contributed by atoms with Crippen molar-refractivity contribution in [2.75, 3.05) is 13.1 Å². The van der Waals surface area contributed by atoms with Crippen LogP contribution in [0.4, 0.5) is 0 Å². The maximum atomic E-state index is 11.0. The highest BCUT2D eigenvalue weighted by molar-refractivity contribution is 7.80. The van der Waals surface area contributed by atoms with E-state index in [0.29, 0.717) is 11.0 Å². The van der Waals surface area contributed by atoms with E-state index >= 15 is 0 Å². The molecule has 1 heterocycles. The Kier molecular flexibility index (Phi) is 5.39. The molecular formula is C13H23N3O2S. The molecule has 0 radical (unpaired) electrons. The molecule has 108 valence electrons. The third-order valence-electron chi connectivity index (χ3n) is 4.08. The van der Waals surface area contributed by atoms with Gasteiger partial charge in [-0.2, -0.15) is 0 Å². The van der Waals surface area contributed by atoms with Crippen molar-refractivity contribution in [3.05, 3.63) is 0 Å². The Morgan fingerprint density at radius 3 is 2.68 bits per heavy atom. The Labute approximate surface area is 119 Å². The van der Waals surface area contributed by atoms with Crippen LogP contribution in [0, 0.1) is 5.92 Å². The third-order valence-corrected chi connectivity index (χ3v) is 4.34. The molecule has 0 aromatic carbocycles. The highest BCUT2D eigenvalue weighted by atomic mass is 32.1. The van der Waals surface area contributed by atoms with Gasteiger partial charge in [-0.1, -0.05) is 19.3 Å². The summed E-state index contributed by atoms with van der Waals surface area (Å²) in [5.41, 5.74) is 0. The van der Waals surface area contributed by atoms with Gasteiger partial charge in [0, 0.05) is 6.54 Å². The van der Waals surface area contributed by atoms with Crippen LogP contribution >= 0.6 is 12.2 Å². The molecule has 2 fully saturated rings. The first-order chi connectivity index (χ1) is 9.16. The standard InChI is InChI=1S/C13H23N3O2S/c17-12(18)11-10(6-7-14-11)16-13(19)15-8-9-4-2-1-3-5-9/h9-11,14H,1-8H2,(H,17,18)(H2,15,16,19)/t10?,11-/m0/s1. The number of nitrogens with one attached hydrogen (secondary N) is 3. The van der Waals surface area contributed by atoms with Crippen molar-refractivity contribution in [1.29, 1.82) is 0 Å². The van der Waals surface area contributed by atoms with E-state index in [0.717, 1.165) is 19.5 Å². The highest BCUT2D eigenvalue weighted by Gasteiger charge is 2.32. The number of carboxylic acids is 1. The Balaban J connectivity index is 1.70. The summed E-state index contributed by atoms with van der Waals surface area (Å²) in [6.45, 7) is 1.63. The molecule has 5 nitrogen and oxygen atoms in total. The van der Waals surface area contributed by atoms with Crippen LogP contribution in [0.3, 0.4) is 0 Å². The molecule has 0 aromatic rings. The van der Waals surface area contributed by atoms with Gasteiger partial charge in [0.1, 0.15) is 6.04 Å². The van der Waals surface area contributed by atoms with Crippen molar-refractivity contribution in [2.24, 2.45) is 5.92 Å². The van der Waals surface area contributed by atoms with Crippen LogP contribution < -0.4 is 16.0 Å². The summed E-state index contributed by atoms with van der Waals surface area (Å²) in [7, 11) is 0. The summed E-state index contributed by atoms with van der Waals surface area (Å²) < 4.78 is 0. The average molecular weight is 285 g/mol. The SMILES string of the molecule is O=C(O)[C@H]1NCCC1NC(=S)NCC1CCCCC1. The van der Waals surface area contributed by atoms with Crippen LogP contribution in [0.2, 0.25) is 0 Å². The van der Waals surface area contributed by atoms with Crippen LogP contribution in [0.5, 0.6) is 0 Å². The molecule has 2 atom stereocenters. The van der Waals surface area contributed by atoms with Gasteiger partial charge in [-0.3, -0.25) is 4.79 Å². The number of rotatable bonds is 4. The van der Waals surface area contributed by atoms with Gasteiger partial charge in [0.15, 0.2) is 5.11 Å². The Bertz CT molecular complexity index is 332. The Morgan fingerprint density at radius 2 is 2.00 bits per heavy atom. The zero-order valence-corrected chi connectivity index (χ0v) is 12.0. The first-order valence-corrected chi connectivity index (χ1v) is 7.58. The van der Waals surface area contributed by atoms with Crippen LogP contribution in [0.15, 0.2) is 0 Å². The fourth-order valence-corrected chi connectivity index (χ4v) is 3.20. The molecule has 1 unspecified atom stereocenters. The van der Waals surface area contributed by atoms with Crippen LogP contribution in [0.25, 0.3) is 0 Å². The minimum Gasteiger partial charge on any atom is -0.480 e. The summed E-state index contributed by atoms with van der Waals surface area (Å²) in [5, 5.41) is 19.0. The van der Waals surface area contributed by atoms with E-state index in [2.05, 4.69) is 16.0 Å². The Hall–Kier alpha value is -0.880. The van der Waals surface area contributed by atoms with Gasteiger partial charge in [0.2, 0.25) is 0 Å². The van der Waals surface area contributed by atoms with E-state index < -0.39 is 12.0 Å². The van der Waals surface area contributed by atoms with Crippen molar-refractivity contribution in [2.45, 2.75) is 50.6 Å². The van der Waals surface area contributed by atoms with E-state index in [1.54, 1.807) is 0 Å². The van der Waals surface area contributed by atoms with Crippen molar-refractivity contribution >= 4 is 23.3 Å². The fraction of sp³-hybridized carbons (Fsp3) is 0.846. The van der Waals surface area contributed by atoms with E-state index in [1.165, 1.54) is 32.1 Å². The number of carboxylic acid groups (broad SMARTS) is 1. The second-order valence-electron chi connectivity index (χ2n) is 5.52. The Morgan fingerprint density at radius 1 is 1.26 bits per heavy atom. The van der Waals surface area contributed by atoms with Crippen LogP contribution in [-0.2, 0) is 4.79 Å². The molecule has 1 aliphatic heterocycles. The molecule has 1 aliphatic carbocycles. The number of hydrogen-bond donors (Lipinski definition) is 4. The third kappa shape index (κ3) is 4.31. The van der Waals surface area contributed by atoms with Gasteiger partial charge in [0.05, 0.1) is 6.04 Å². The lowest BCUT2D eigenvalue weighted by atomic mass is 9.89. The summed E-state index contributed by atoms with van der Waals surface area (Å²) >= 11 is 5.26. The zero-order valence-electron chi connectivity index (χ0n) is 11.2. The zero-order chi connectivity index (χ0) is 13.7. The first-order valence-electron chi connectivity index (χ1n) is 7.17. The number of carbonyl (C=O) groups is 1. The molecule has 2 rings (SSSR count). The summed E-state index contributed by atoms with van der Waals surface area (Å²) in [6.07, 6.45) is 7.34. The minimum atomic E-state index is -0.815. The first kappa shape index (κ1) is 14.5. The molecule has 0 bridgehead atoms. The molecule has 4 N–H and O–H groups in total. The molecule has 19 heavy (non-hydrogen) atoms. The highest BCUT2D eigenvalue weighted by Crippen LogP contribution is 2.22. The lowest BCUT2D eigenvalue weighted by molar-refractivity contribution is -0.139. The van der Waals surface area contributed by atoms with Gasteiger partial charge in [-0.25, -0.2) is 0 Å². The van der Waals surface area contributed by atoms with Crippen molar-refractivity contribution in [3.8, 4) is 0 Å². The quantitative estimate of drug-likeness (QED) is 0.574. The minimum absolute atomic E-state index is 0.108. The molecule has 2 aliphatic rings. The van der Waals surface area contributed by atoms with E-state index in [4.69, 9.17) is 17.3 Å². The molecular weight excluding hydrogens is 262 g/mol. The molecule has 0 amide bonds. The molecule has 1 saturated carbocycles. The molecule has 1 saturated heterocycles. The van der Waals surface area contributed by atoms with E-state index in [9.17, 15) is 4.79 Å². The topological polar surface area (TPSA) is 73.4 Å². The predicted octanol–water partition coefficient (Wildman–Crippen LogP) is 0.846. The molecule has 6 heteroatoms. The van der Waals surface area contributed by atoms with Crippen LogP contribution in [0.1, 0.15) is 38.5 Å². The largest absolute Gasteiger partial charge is 0.480 e. The van der Waals surface area contributed by atoms with Crippen molar-refractivity contribution in [1.82, 2.24) is 16.0 Å². The maximum absolute atomic E-state index is 11.0. The summed E-state index contributed by atoms with van der Waals surface area (Å²) in [4.78, 5) is 11.0. The second-order valence-corrected chi connectivity index (χ2v) is 5.93. The van der Waals surface area contributed by atoms with Gasteiger partial charge >= 0.3 is 5.97 Å². The summed E-state index contributed by atoms with van der Waals surface area (Å²) in [6, 6.07) is -0.640. The van der Waals surface area contributed by atoms with Gasteiger partial charge in [-0.15, -0.1) is 0 Å². The summed E-state index contributed by atoms with van der Waals surface area (Å²) in [5.74, 6) is -0.101. The smallest absolute Gasteiger partial charge is 0.322 e. The van der Waals surface area contributed by atoms with E-state index in [1.807, 2.05) is 0 Å². The molecule has 0 spiro atoms. The lowest BCUT2D eigenvalue weighted by Crippen LogP contribution is -2.51.